The lowest BCUT2D eigenvalue weighted by Crippen LogP contribution is -2.54. The molecule has 14 heteroatoms. The normalized spacial score (nSPS) is 16.5. The summed E-state index contributed by atoms with van der Waals surface area (Å²) in [5.74, 6) is -0.206. The molecule has 0 saturated carbocycles. The molecule has 0 aliphatic carbocycles. The molecule has 3 N–H and O–H groups in total. The van der Waals surface area contributed by atoms with Gasteiger partial charge in [-0.25, -0.2) is 14.8 Å². The first-order chi connectivity index (χ1) is 23.5. The summed E-state index contributed by atoms with van der Waals surface area (Å²) in [5.41, 5.74) is 25.4. The van der Waals surface area contributed by atoms with Crippen LogP contribution in [0.2, 0.25) is 0 Å². The van der Waals surface area contributed by atoms with Crippen molar-refractivity contribution < 1.29 is 23.8 Å². The van der Waals surface area contributed by atoms with E-state index >= 15 is 0 Å². The fourth-order valence-corrected chi connectivity index (χ4v) is 5.35. The highest BCUT2D eigenvalue weighted by Gasteiger charge is 2.54. The molecule has 1 aliphatic heterocycles. The highest BCUT2D eigenvalue weighted by molar-refractivity contribution is 6.01. The number of aliphatic imine (C=N–C) groups is 1. The summed E-state index contributed by atoms with van der Waals surface area (Å²) in [7, 11) is 0. The minimum absolute atomic E-state index is 0.00799. The lowest BCUT2D eigenvalue weighted by atomic mass is 9.81. The number of benzene rings is 4. The Bertz CT molecular complexity index is 1870. The van der Waals surface area contributed by atoms with Crippen LogP contribution >= 0.6 is 0 Å². The number of nitrogens with one attached hydrogen (secondary N) is 2. The van der Waals surface area contributed by atoms with E-state index in [1.807, 2.05) is 0 Å². The molecule has 0 fully saturated rings. The molecule has 2 atom stereocenters. The molecule has 0 radical (unpaired) electrons. The minimum Gasteiger partial charge on any atom is -0.494 e. The van der Waals surface area contributed by atoms with Crippen molar-refractivity contribution in [1.29, 1.82) is 0 Å². The van der Waals surface area contributed by atoms with Crippen LogP contribution in [-0.4, -0.2) is 42.2 Å². The van der Waals surface area contributed by atoms with Crippen LogP contribution in [0.3, 0.4) is 0 Å². The van der Waals surface area contributed by atoms with Gasteiger partial charge in [0.1, 0.15) is 11.6 Å². The van der Waals surface area contributed by atoms with E-state index in [1.165, 1.54) is 12.1 Å². The number of aliphatic hydroxyl groups excluding tert-OH is 1. The lowest BCUT2D eigenvalue weighted by molar-refractivity contribution is -0.130. The third-order valence-corrected chi connectivity index (χ3v) is 7.64. The van der Waals surface area contributed by atoms with Gasteiger partial charge in [0.05, 0.1) is 6.61 Å². The molecule has 0 bridgehead atoms. The van der Waals surface area contributed by atoms with Crippen molar-refractivity contribution in [2.45, 2.75) is 30.9 Å². The summed E-state index contributed by atoms with van der Waals surface area (Å²) in [6.45, 7) is 0.620. The second kappa shape index (κ2) is 16.1. The van der Waals surface area contributed by atoms with E-state index in [1.54, 1.807) is 84.9 Å². The van der Waals surface area contributed by atoms with E-state index in [0.29, 0.717) is 47.6 Å². The maximum Gasteiger partial charge on any atom is 0.266 e. The molecule has 0 saturated heterocycles. The quantitative estimate of drug-likeness (QED) is 0.0417. The molecule has 244 valence electrons. The maximum atomic E-state index is 14.5. The summed E-state index contributed by atoms with van der Waals surface area (Å²) >= 11 is 0. The number of rotatable bonds is 15. The minimum atomic E-state index is -1.71. The zero-order valence-corrected chi connectivity index (χ0v) is 25.7. The number of carbonyl (C=O) groups is 1. The SMILES string of the molecule is [N-]=[N+]=Nc1ccccc1C[C@]1(C(=O)NNCCc2cccc(F)c2)N=C(c2ccc(OCCCO)cc2)O[C@H]1c1ccccc1N=[N+]=[N-]. The van der Waals surface area contributed by atoms with E-state index in [0.717, 1.165) is 5.56 Å². The Labute approximate surface area is 275 Å². The van der Waals surface area contributed by atoms with Gasteiger partial charge in [-0.05, 0) is 65.0 Å². The van der Waals surface area contributed by atoms with Crippen molar-refractivity contribution in [1.82, 2.24) is 10.9 Å². The molecule has 5 rings (SSSR count). The van der Waals surface area contributed by atoms with E-state index in [9.17, 15) is 20.2 Å². The number of nitrogens with zero attached hydrogens (tertiary/aromatic N) is 7. The molecule has 0 spiro atoms. The summed E-state index contributed by atoms with van der Waals surface area (Å²) in [4.78, 5) is 25.3. The molecule has 13 nitrogen and oxygen atoms in total. The molecule has 4 aromatic rings. The zero-order valence-electron chi connectivity index (χ0n) is 25.7. The zero-order chi connectivity index (χ0) is 33.8. The van der Waals surface area contributed by atoms with Gasteiger partial charge in [-0.15, -0.1) is 0 Å². The lowest BCUT2D eigenvalue weighted by Gasteiger charge is -2.31. The van der Waals surface area contributed by atoms with Gasteiger partial charge < -0.3 is 14.6 Å². The van der Waals surface area contributed by atoms with Gasteiger partial charge >= 0.3 is 0 Å². The molecule has 0 aromatic heterocycles. The smallest absolute Gasteiger partial charge is 0.266 e. The number of halogens is 1. The first-order valence-electron chi connectivity index (χ1n) is 15.1. The number of aliphatic hydroxyl groups is 1. The fourth-order valence-electron chi connectivity index (χ4n) is 5.35. The number of hydrazine groups is 1. The Morgan fingerprint density at radius 3 is 2.46 bits per heavy atom. The van der Waals surface area contributed by atoms with Crippen molar-refractivity contribution in [3.8, 4) is 5.75 Å². The van der Waals surface area contributed by atoms with Crippen molar-refractivity contribution in [3.05, 3.63) is 146 Å². The van der Waals surface area contributed by atoms with Gasteiger partial charge in [-0.2, -0.15) is 0 Å². The van der Waals surface area contributed by atoms with E-state index < -0.39 is 17.6 Å². The first-order valence-corrected chi connectivity index (χ1v) is 15.1. The summed E-state index contributed by atoms with van der Waals surface area (Å²) < 4.78 is 25.9. The van der Waals surface area contributed by atoms with E-state index in [2.05, 4.69) is 30.9 Å². The van der Waals surface area contributed by atoms with Gasteiger partial charge in [0.25, 0.3) is 5.91 Å². The molecule has 48 heavy (non-hydrogen) atoms. The predicted molar refractivity (Wildman–Crippen MR) is 177 cm³/mol. The average Bonchev–Trinajstić information content (AvgIpc) is 3.48. The van der Waals surface area contributed by atoms with Crippen molar-refractivity contribution >= 4 is 23.2 Å². The van der Waals surface area contributed by atoms with Gasteiger partial charge in [-0.3, -0.25) is 10.2 Å². The molecule has 1 heterocycles. The molecular weight excluding hydrogens is 617 g/mol. The van der Waals surface area contributed by atoms with Crippen LogP contribution in [0.1, 0.15) is 34.8 Å². The molecule has 1 aliphatic rings. The first kappa shape index (κ1) is 33.5. The van der Waals surface area contributed by atoms with Crippen LogP contribution in [-0.2, 0) is 22.4 Å². The Morgan fingerprint density at radius 2 is 1.71 bits per heavy atom. The number of azide groups is 2. The maximum absolute atomic E-state index is 14.5. The summed E-state index contributed by atoms with van der Waals surface area (Å²) in [6.07, 6.45) is -0.264. The van der Waals surface area contributed by atoms with E-state index in [-0.39, 0.29) is 37.0 Å². The van der Waals surface area contributed by atoms with Crippen molar-refractivity contribution in [3.63, 3.8) is 0 Å². The predicted octanol–water partition coefficient (Wildman–Crippen LogP) is 6.83. The van der Waals surface area contributed by atoms with Gasteiger partial charge in [0.2, 0.25) is 5.90 Å². The Hall–Kier alpha value is -5.91. The second-order valence-corrected chi connectivity index (χ2v) is 10.8. The Balaban J connectivity index is 1.57. The van der Waals surface area contributed by atoms with Gasteiger partial charge in [0.15, 0.2) is 11.6 Å². The van der Waals surface area contributed by atoms with E-state index in [4.69, 9.17) is 19.6 Å². The monoisotopic (exact) mass is 649 g/mol. The van der Waals surface area contributed by atoms with Crippen LogP contribution in [0.4, 0.5) is 15.8 Å². The number of carbonyl (C=O) groups excluding carboxylic acids is 1. The largest absolute Gasteiger partial charge is 0.494 e. The third kappa shape index (κ3) is 7.89. The summed E-state index contributed by atoms with van der Waals surface area (Å²) in [6, 6.07) is 26.7. The Morgan fingerprint density at radius 1 is 0.979 bits per heavy atom. The van der Waals surface area contributed by atoms with Crippen molar-refractivity contribution in [2.24, 2.45) is 15.2 Å². The highest BCUT2D eigenvalue weighted by atomic mass is 19.1. The number of hydrogen-bond donors (Lipinski definition) is 3. The van der Waals surface area contributed by atoms with Gasteiger partial charge in [0, 0.05) is 58.3 Å². The molecule has 0 unspecified atom stereocenters. The molecular formula is C34H32FN9O4. The standard InChI is InChI=1S/C34H32FN9O4/c35-26-9-5-7-23(21-26)17-18-38-42-33(46)34(22-25-8-1-3-11-29(25)40-43-36)31(28-10-2-4-12-30(28)41-44-37)48-32(39-34)24-13-15-27(16-14-24)47-20-6-19-45/h1-5,7-16,21,31,38,45H,6,17-20,22H2,(H,42,46)/t31-,34-/m0/s1. The van der Waals surface area contributed by atoms with Crippen LogP contribution in [0.15, 0.2) is 112 Å². The van der Waals surface area contributed by atoms with Crippen molar-refractivity contribution in [2.75, 3.05) is 19.8 Å². The fraction of sp³-hybridized carbons (Fsp3) is 0.235. The number of amides is 1. The average molecular weight is 650 g/mol. The topological polar surface area (TPSA) is 190 Å². The molecule has 4 aromatic carbocycles. The third-order valence-electron chi connectivity index (χ3n) is 7.64. The van der Waals surface area contributed by atoms with Crippen LogP contribution in [0.25, 0.3) is 20.9 Å². The Kier molecular flexibility index (Phi) is 11.2. The number of hydrogen-bond acceptors (Lipinski definition) is 8. The summed E-state index contributed by atoms with van der Waals surface area (Å²) in [5, 5.41) is 16.8. The number of ether oxygens (including phenoxy) is 2. The van der Waals surface area contributed by atoms with Gasteiger partial charge in [-0.1, -0.05) is 70.9 Å². The van der Waals surface area contributed by atoms with Crippen LogP contribution in [0, 0.1) is 5.82 Å². The second-order valence-electron chi connectivity index (χ2n) is 10.8. The van der Waals surface area contributed by atoms with Crippen LogP contribution < -0.4 is 15.6 Å². The molecule has 1 amide bonds. The van der Waals surface area contributed by atoms with Crippen LogP contribution in [0.5, 0.6) is 5.75 Å². The highest BCUT2D eigenvalue weighted by Crippen LogP contribution is 2.46.